The van der Waals surface area contributed by atoms with E-state index in [1.165, 1.54) is 86.5 Å². The van der Waals surface area contributed by atoms with Crippen LogP contribution in [0.15, 0.2) is 154 Å². The number of rotatable bonds is 2. The molecule has 2 heteroatoms. The van der Waals surface area contributed by atoms with Crippen LogP contribution in [0.2, 0.25) is 0 Å². The van der Waals surface area contributed by atoms with E-state index in [0.29, 0.717) is 0 Å². The van der Waals surface area contributed by atoms with Gasteiger partial charge in [-0.15, -0.1) is 0 Å². The Morgan fingerprint density at radius 1 is 0.296 bits per heavy atom. The summed E-state index contributed by atoms with van der Waals surface area (Å²) in [6, 6.07) is 53.6. The van der Waals surface area contributed by atoms with Crippen molar-refractivity contribution in [1.29, 1.82) is 0 Å². The lowest BCUT2D eigenvalue weighted by molar-refractivity contribution is 0.632. The van der Waals surface area contributed by atoms with Crippen molar-refractivity contribution in [2.24, 2.45) is 0 Å². The van der Waals surface area contributed by atoms with Crippen LogP contribution < -0.4 is 0 Å². The summed E-state index contributed by atoms with van der Waals surface area (Å²) < 4.78 is 13.8. The number of para-hydroxylation sites is 2. The maximum Gasteiger partial charge on any atom is 0.136 e. The summed E-state index contributed by atoms with van der Waals surface area (Å²) in [6.07, 6.45) is 0. The summed E-state index contributed by atoms with van der Waals surface area (Å²) >= 11 is 0. The topological polar surface area (TPSA) is 26.3 Å². The SMILES string of the molecule is Cc1cc2cc(C)cc3c4c(-c5cc6ccccc6o5)c5cc6c(cc5c(-c5cc7ccccc7o5)c4c(c1)c23)c1cccc2c3ccccc3cc6c21. The van der Waals surface area contributed by atoms with Crippen LogP contribution in [0.25, 0.3) is 131 Å². The molecule has 0 aliphatic carbocycles. The first kappa shape index (κ1) is 28.7. The highest BCUT2D eigenvalue weighted by Crippen LogP contribution is 2.54. The van der Waals surface area contributed by atoms with Crippen molar-refractivity contribution in [1.82, 2.24) is 0 Å². The van der Waals surface area contributed by atoms with E-state index in [-0.39, 0.29) is 0 Å². The molecule has 2 heterocycles. The minimum atomic E-state index is 0.881. The van der Waals surface area contributed by atoms with Crippen molar-refractivity contribution in [2.45, 2.75) is 13.8 Å². The number of furan rings is 2. The van der Waals surface area contributed by atoms with Gasteiger partial charge in [0.05, 0.1) is 0 Å². The van der Waals surface area contributed by atoms with Gasteiger partial charge in [-0.3, -0.25) is 0 Å². The van der Waals surface area contributed by atoms with E-state index in [1.54, 1.807) is 0 Å². The molecule has 0 atom stereocenters. The average molecular weight is 687 g/mol. The van der Waals surface area contributed by atoms with E-state index >= 15 is 0 Å². The molecule has 0 fully saturated rings. The van der Waals surface area contributed by atoms with Gasteiger partial charge in [0.25, 0.3) is 0 Å². The Labute approximate surface area is 309 Å². The number of benzene rings is 9. The highest BCUT2D eigenvalue weighted by Gasteiger charge is 2.28. The quantitative estimate of drug-likeness (QED) is 0.169. The Hall–Kier alpha value is -6.90. The van der Waals surface area contributed by atoms with Gasteiger partial charge in [-0.2, -0.15) is 0 Å². The number of aryl methyl sites for hydroxylation is 2. The van der Waals surface area contributed by atoms with Gasteiger partial charge >= 0.3 is 0 Å². The zero-order valence-corrected chi connectivity index (χ0v) is 29.7. The van der Waals surface area contributed by atoms with Crippen molar-refractivity contribution in [2.75, 3.05) is 0 Å². The van der Waals surface area contributed by atoms with Gasteiger partial charge in [0.15, 0.2) is 0 Å². The summed E-state index contributed by atoms with van der Waals surface area (Å²) in [4.78, 5) is 0. The molecule has 250 valence electrons. The van der Waals surface area contributed by atoms with Crippen LogP contribution in [0.1, 0.15) is 11.1 Å². The molecule has 0 spiro atoms. The second-order valence-corrected chi connectivity index (χ2v) is 15.3. The maximum absolute atomic E-state index is 6.90. The van der Waals surface area contributed by atoms with E-state index in [0.717, 1.165) is 55.4 Å². The van der Waals surface area contributed by atoms with Gasteiger partial charge in [-0.05, 0) is 143 Å². The van der Waals surface area contributed by atoms with Gasteiger partial charge in [-0.1, -0.05) is 103 Å². The van der Waals surface area contributed by atoms with E-state index in [1.807, 2.05) is 0 Å². The molecule has 0 bridgehead atoms. The van der Waals surface area contributed by atoms with Crippen LogP contribution in [0.4, 0.5) is 0 Å². The Morgan fingerprint density at radius 3 is 1.39 bits per heavy atom. The van der Waals surface area contributed by atoms with Gasteiger partial charge < -0.3 is 8.83 Å². The molecule has 13 aromatic rings. The third-order valence-electron chi connectivity index (χ3n) is 12.1. The number of hydrogen-bond acceptors (Lipinski definition) is 2. The molecular formula is C52H30O2. The summed E-state index contributed by atoms with van der Waals surface area (Å²) in [5, 5.41) is 22.3. The van der Waals surface area contributed by atoms with E-state index in [2.05, 4.69) is 159 Å². The van der Waals surface area contributed by atoms with Gasteiger partial charge in [0, 0.05) is 32.7 Å². The first-order valence-corrected chi connectivity index (χ1v) is 18.7. The molecule has 0 aliphatic heterocycles. The Balaban J connectivity index is 1.34. The van der Waals surface area contributed by atoms with E-state index < -0.39 is 0 Å². The Bertz CT molecular complexity index is 3670. The summed E-state index contributed by atoms with van der Waals surface area (Å²) in [5.74, 6) is 1.76. The summed E-state index contributed by atoms with van der Waals surface area (Å²) in [7, 11) is 0. The zero-order valence-electron chi connectivity index (χ0n) is 29.7. The lowest BCUT2D eigenvalue weighted by Crippen LogP contribution is -1.88. The van der Waals surface area contributed by atoms with Gasteiger partial charge in [0.1, 0.15) is 22.7 Å². The molecule has 11 aromatic carbocycles. The molecular weight excluding hydrogens is 657 g/mol. The van der Waals surface area contributed by atoms with Gasteiger partial charge in [-0.25, -0.2) is 0 Å². The number of fused-ring (bicyclic) bond motifs is 11. The van der Waals surface area contributed by atoms with Crippen LogP contribution in [-0.4, -0.2) is 0 Å². The molecule has 0 N–H and O–H groups in total. The molecule has 0 aliphatic rings. The van der Waals surface area contributed by atoms with Crippen LogP contribution >= 0.6 is 0 Å². The first-order chi connectivity index (χ1) is 26.6. The summed E-state index contributed by atoms with van der Waals surface area (Å²) in [5.41, 5.74) is 6.53. The van der Waals surface area contributed by atoms with Gasteiger partial charge in [0.2, 0.25) is 0 Å². The molecule has 0 unspecified atom stereocenters. The van der Waals surface area contributed by atoms with Crippen LogP contribution in [0.3, 0.4) is 0 Å². The minimum Gasteiger partial charge on any atom is -0.456 e. The fourth-order valence-corrected chi connectivity index (χ4v) is 10.0. The largest absolute Gasteiger partial charge is 0.456 e. The maximum atomic E-state index is 6.90. The average Bonchev–Trinajstić information content (AvgIpc) is 3.96. The van der Waals surface area contributed by atoms with Crippen LogP contribution in [0.5, 0.6) is 0 Å². The fourth-order valence-electron chi connectivity index (χ4n) is 10.0. The van der Waals surface area contributed by atoms with Crippen molar-refractivity contribution >= 4 is 108 Å². The Morgan fingerprint density at radius 2 is 0.796 bits per heavy atom. The third kappa shape index (κ3) is 3.60. The highest BCUT2D eigenvalue weighted by molar-refractivity contribution is 6.42. The monoisotopic (exact) mass is 686 g/mol. The molecule has 0 amide bonds. The van der Waals surface area contributed by atoms with Crippen molar-refractivity contribution in [3.8, 4) is 22.6 Å². The molecule has 0 saturated carbocycles. The fraction of sp³-hybridized carbons (Fsp3) is 0.0385. The van der Waals surface area contributed by atoms with Crippen molar-refractivity contribution < 1.29 is 8.83 Å². The zero-order chi connectivity index (χ0) is 35.4. The normalized spacial score (nSPS) is 12.6. The second kappa shape index (κ2) is 9.95. The number of hydrogen-bond donors (Lipinski definition) is 0. The van der Waals surface area contributed by atoms with Crippen LogP contribution in [0, 0.1) is 13.8 Å². The van der Waals surface area contributed by atoms with Crippen molar-refractivity contribution in [3.63, 3.8) is 0 Å². The first-order valence-electron chi connectivity index (χ1n) is 18.7. The highest BCUT2D eigenvalue weighted by atomic mass is 16.3. The second-order valence-electron chi connectivity index (χ2n) is 15.3. The molecule has 0 saturated heterocycles. The van der Waals surface area contributed by atoms with Crippen molar-refractivity contribution in [3.05, 3.63) is 157 Å². The molecule has 2 nitrogen and oxygen atoms in total. The predicted molar refractivity (Wildman–Crippen MR) is 229 cm³/mol. The minimum absolute atomic E-state index is 0.881. The molecule has 13 rings (SSSR count). The molecule has 2 aromatic heterocycles. The lowest BCUT2D eigenvalue weighted by atomic mass is 9.88. The standard InChI is InChI=1S/C52H30O2/c1-27-18-32-19-28(2)21-42-47(32)41(20-27)51-49(45-23-30-11-4-7-16-43(30)53-45)39-25-36-35-15-9-14-34-33-13-6-3-10-29(33)22-38(48(34)35)37(36)26-40(39)50(52(42)51)46-24-31-12-5-8-17-44(31)54-46/h3-26H,1-2H3. The van der Waals surface area contributed by atoms with E-state index in [9.17, 15) is 0 Å². The smallest absolute Gasteiger partial charge is 0.136 e. The Kier molecular flexibility index (Phi) is 5.28. The lowest BCUT2D eigenvalue weighted by Gasteiger charge is -2.14. The summed E-state index contributed by atoms with van der Waals surface area (Å²) in [6.45, 7) is 4.43. The predicted octanol–water partition coefficient (Wildman–Crippen LogP) is 15.2. The molecule has 54 heavy (non-hydrogen) atoms. The molecule has 0 radical (unpaired) electrons. The van der Waals surface area contributed by atoms with E-state index in [4.69, 9.17) is 8.83 Å². The van der Waals surface area contributed by atoms with Crippen LogP contribution in [-0.2, 0) is 0 Å². The third-order valence-corrected chi connectivity index (χ3v) is 12.1.